The lowest BCUT2D eigenvalue weighted by Crippen LogP contribution is -2.27. The first-order chi connectivity index (χ1) is 7.80. The SMILES string of the molecule is CCN(CC)CCOc1ccc(CO)nc1. The fraction of sp³-hybridized carbons (Fsp3) is 0.583. The molecule has 0 amide bonds. The Labute approximate surface area is 96.9 Å². The highest BCUT2D eigenvalue weighted by Crippen LogP contribution is 2.08. The van der Waals surface area contributed by atoms with Crippen molar-refractivity contribution in [3.05, 3.63) is 24.0 Å². The van der Waals surface area contributed by atoms with E-state index >= 15 is 0 Å². The molecule has 0 aromatic carbocycles. The van der Waals surface area contributed by atoms with Crippen molar-refractivity contribution >= 4 is 0 Å². The number of hydrogen-bond donors (Lipinski definition) is 1. The summed E-state index contributed by atoms with van der Waals surface area (Å²) in [5.41, 5.74) is 0.663. The second-order valence-electron chi connectivity index (χ2n) is 3.52. The van der Waals surface area contributed by atoms with Crippen molar-refractivity contribution in [2.45, 2.75) is 20.5 Å². The topological polar surface area (TPSA) is 45.6 Å². The molecule has 90 valence electrons. The van der Waals surface area contributed by atoms with Gasteiger partial charge in [0.2, 0.25) is 0 Å². The van der Waals surface area contributed by atoms with Crippen LogP contribution in [0.5, 0.6) is 5.75 Å². The minimum Gasteiger partial charge on any atom is -0.491 e. The van der Waals surface area contributed by atoms with Crippen LogP contribution in [-0.4, -0.2) is 41.2 Å². The van der Waals surface area contributed by atoms with Crippen molar-refractivity contribution in [2.75, 3.05) is 26.2 Å². The Morgan fingerprint density at radius 3 is 2.56 bits per heavy atom. The summed E-state index contributed by atoms with van der Waals surface area (Å²) in [6, 6.07) is 3.60. The largest absolute Gasteiger partial charge is 0.491 e. The van der Waals surface area contributed by atoms with E-state index in [2.05, 4.69) is 23.7 Å². The Hall–Kier alpha value is -1.13. The smallest absolute Gasteiger partial charge is 0.137 e. The van der Waals surface area contributed by atoms with Crippen molar-refractivity contribution in [3.8, 4) is 5.75 Å². The normalized spacial score (nSPS) is 10.8. The molecule has 1 N–H and O–H groups in total. The molecule has 1 heterocycles. The number of ether oxygens (including phenoxy) is 1. The monoisotopic (exact) mass is 224 g/mol. The summed E-state index contributed by atoms with van der Waals surface area (Å²) >= 11 is 0. The van der Waals surface area contributed by atoms with Gasteiger partial charge >= 0.3 is 0 Å². The molecule has 0 atom stereocenters. The maximum atomic E-state index is 8.83. The third-order valence-corrected chi connectivity index (χ3v) is 2.53. The standard InChI is InChI=1S/C12H20N2O2/c1-3-14(4-2)7-8-16-12-6-5-11(10-15)13-9-12/h5-6,9,15H,3-4,7-8,10H2,1-2H3. The van der Waals surface area contributed by atoms with Gasteiger partial charge in [-0.1, -0.05) is 13.8 Å². The van der Waals surface area contributed by atoms with Crippen LogP contribution in [0.2, 0.25) is 0 Å². The molecule has 1 rings (SSSR count). The van der Waals surface area contributed by atoms with Crippen LogP contribution in [0.25, 0.3) is 0 Å². The number of nitrogens with zero attached hydrogens (tertiary/aromatic N) is 2. The van der Waals surface area contributed by atoms with E-state index in [1.54, 1.807) is 12.3 Å². The number of pyridine rings is 1. The van der Waals surface area contributed by atoms with E-state index in [1.807, 2.05) is 6.07 Å². The average molecular weight is 224 g/mol. The van der Waals surface area contributed by atoms with Gasteiger partial charge in [-0.05, 0) is 25.2 Å². The summed E-state index contributed by atoms with van der Waals surface area (Å²) in [6.07, 6.45) is 1.65. The summed E-state index contributed by atoms with van der Waals surface area (Å²) in [6.45, 7) is 7.93. The van der Waals surface area contributed by atoms with E-state index in [9.17, 15) is 0 Å². The summed E-state index contributed by atoms with van der Waals surface area (Å²) in [5, 5.41) is 8.83. The van der Waals surface area contributed by atoms with Crippen LogP contribution in [0, 0.1) is 0 Å². The second kappa shape index (κ2) is 7.19. The number of rotatable bonds is 7. The highest BCUT2D eigenvalue weighted by Gasteiger charge is 2.00. The zero-order valence-electron chi connectivity index (χ0n) is 10.0. The quantitative estimate of drug-likeness (QED) is 0.758. The summed E-state index contributed by atoms with van der Waals surface area (Å²) in [4.78, 5) is 6.35. The number of hydrogen-bond acceptors (Lipinski definition) is 4. The van der Waals surface area contributed by atoms with Crippen LogP contribution in [0.15, 0.2) is 18.3 Å². The molecule has 1 aromatic rings. The molecule has 0 spiro atoms. The number of aliphatic hydroxyl groups is 1. The van der Waals surface area contributed by atoms with E-state index in [0.717, 1.165) is 25.4 Å². The first-order valence-corrected chi connectivity index (χ1v) is 5.71. The lowest BCUT2D eigenvalue weighted by Gasteiger charge is -2.17. The minimum atomic E-state index is -0.0280. The van der Waals surface area contributed by atoms with E-state index in [1.165, 1.54) is 0 Å². The zero-order chi connectivity index (χ0) is 11.8. The molecule has 4 nitrogen and oxygen atoms in total. The molecule has 4 heteroatoms. The van der Waals surface area contributed by atoms with Gasteiger partial charge in [0.1, 0.15) is 12.4 Å². The third kappa shape index (κ3) is 4.16. The average Bonchev–Trinajstić information content (AvgIpc) is 2.35. The minimum absolute atomic E-state index is 0.0280. The Morgan fingerprint density at radius 1 is 1.31 bits per heavy atom. The van der Waals surface area contributed by atoms with Gasteiger partial charge in [-0.15, -0.1) is 0 Å². The molecule has 0 radical (unpaired) electrons. The van der Waals surface area contributed by atoms with Crippen molar-refractivity contribution in [1.29, 1.82) is 0 Å². The predicted octanol–water partition coefficient (Wildman–Crippen LogP) is 1.29. The van der Waals surface area contributed by atoms with Crippen LogP contribution < -0.4 is 4.74 Å². The van der Waals surface area contributed by atoms with Crippen LogP contribution in [0.1, 0.15) is 19.5 Å². The van der Waals surface area contributed by atoms with Crippen LogP contribution in [0.3, 0.4) is 0 Å². The lowest BCUT2D eigenvalue weighted by molar-refractivity contribution is 0.222. The second-order valence-corrected chi connectivity index (χ2v) is 3.52. The number of likely N-dealkylation sites (N-methyl/N-ethyl adjacent to an activating group) is 1. The molecular weight excluding hydrogens is 204 g/mol. The molecule has 1 aromatic heterocycles. The molecule has 0 fully saturated rings. The van der Waals surface area contributed by atoms with Crippen molar-refractivity contribution in [3.63, 3.8) is 0 Å². The van der Waals surface area contributed by atoms with Gasteiger partial charge in [-0.2, -0.15) is 0 Å². The van der Waals surface area contributed by atoms with Crippen LogP contribution >= 0.6 is 0 Å². The predicted molar refractivity (Wildman–Crippen MR) is 63.4 cm³/mol. The van der Waals surface area contributed by atoms with Crippen LogP contribution in [-0.2, 0) is 6.61 Å². The van der Waals surface area contributed by atoms with Gasteiger partial charge in [0.05, 0.1) is 18.5 Å². The lowest BCUT2D eigenvalue weighted by atomic mass is 10.3. The highest BCUT2D eigenvalue weighted by atomic mass is 16.5. The molecule has 0 bridgehead atoms. The van der Waals surface area contributed by atoms with Gasteiger partial charge in [-0.3, -0.25) is 4.98 Å². The fourth-order valence-electron chi connectivity index (χ4n) is 1.42. The molecule has 0 saturated carbocycles. The van der Waals surface area contributed by atoms with Crippen LogP contribution in [0.4, 0.5) is 0 Å². The van der Waals surface area contributed by atoms with Crippen molar-refractivity contribution in [1.82, 2.24) is 9.88 Å². The molecular formula is C12H20N2O2. The molecule has 0 unspecified atom stereocenters. The Morgan fingerprint density at radius 2 is 2.06 bits per heavy atom. The first-order valence-electron chi connectivity index (χ1n) is 5.71. The molecule has 0 aliphatic heterocycles. The summed E-state index contributed by atoms with van der Waals surface area (Å²) < 4.78 is 5.55. The van der Waals surface area contributed by atoms with Gasteiger partial charge in [-0.25, -0.2) is 0 Å². The van der Waals surface area contributed by atoms with E-state index < -0.39 is 0 Å². The highest BCUT2D eigenvalue weighted by molar-refractivity contribution is 5.19. The van der Waals surface area contributed by atoms with E-state index in [-0.39, 0.29) is 6.61 Å². The van der Waals surface area contributed by atoms with Crippen molar-refractivity contribution in [2.24, 2.45) is 0 Å². The Kier molecular flexibility index (Phi) is 5.82. The van der Waals surface area contributed by atoms with Gasteiger partial charge in [0, 0.05) is 6.54 Å². The summed E-state index contributed by atoms with van der Waals surface area (Å²) in [7, 11) is 0. The van der Waals surface area contributed by atoms with Gasteiger partial charge in [0.25, 0.3) is 0 Å². The van der Waals surface area contributed by atoms with Gasteiger partial charge in [0.15, 0.2) is 0 Å². The maximum Gasteiger partial charge on any atom is 0.137 e. The molecule has 16 heavy (non-hydrogen) atoms. The summed E-state index contributed by atoms with van der Waals surface area (Å²) in [5.74, 6) is 0.754. The van der Waals surface area contributed by atoms with E-state index in [0.29, 0.717) is 12.3 Å². The first kappa shape index (κ1) is 12.9. The molecule has 0 aliphatic carbocycles. The zero-order valence-corrected chi connectivity index (χ0v) is 10.0. The maximum absolute atomic E-state index is 8.83. The fourth-order valence-corrected chi connectivity index (χ4v) is 1.42. The van der Waals surface area contributed by atoms with Crippen molar-refractivity contribution < 1.29 is 9.84 Å². The Balaban J connectivity index is 2.31. The Bertz CT molecular complexity index is 284. The number of aromatic nitrogens is 1. The molecule has 0 aliphatic rings. The third-order valence-electron chi connectivity index (χ3n) is 2.53. The van der Waals surface area contributed by atoms with Gasteiger partial charge < -0.3 is 14.7 Å². The number of aliphatic hydroxyl groups excluding tert-OH is 1. The molecule has 0 saturated heterocycles. The van der Waals surface area contributed by atoms with E-state index in [4.69, 9.17) is 9.84 Å².